The largest absolute Gasteiger partial charge is 0.335 e. The Kier molecular flexibility index (Phi) is 4.53. The van der Waals surface area contributed by atoms with Gasteiger partial charge in [0.2, 0.25) is 5.95 Å². The van der Waals surface area contributed by atoms with Crippen molar-refractivity contribution in [1.29, 1.82) is 0 Å². The van der Waals surface area contributed by atoms with Crippen molar-refractivity contribution in [3.8, 4) is 0 Å². The van der Waals surface area contributed by atoms with E-state index in [9.17, 15) is 13.6 Å². The van der Waals surface area contributed by atoms with Gasteiger partial charge in [-0.15, -0.1) is 0 Å². The third-order valence-corrected chi connectivity index (χ3v) is 3.58. The van der Waals surface area contributed by atoms with Gasteiger partial charge < -0.3 is 4.90 Å². The molecule has 6 heteroatoms. The molecule has 1 aromatic heterocycles. The zero-order chi connectivity index (χ0) is 15.6. The van der Waals surface area contributed by atoms with Gasteiger partial charge in [-0.1, -0.05) is 23.7 Å². The van der Waals surface area contributed by atoms with Crippen LogP contribution in [0.2, 0.25) is 5.02 Å². The van der Waals surface area contributed by atoms with Crippen molar-refractivity contribution in [2.45, 2.75) is 13.0 Å². The molecule has 110 valence electrons. The van der Waals surface area contributed by atoms with Crippen LogP contribution in [0, 0.1) is 11.8 Å². The monoisotopic (exact) mass is 310 g/mol. The fourth-order valence-corrected chi connectivity index (χ4v) is 2.04. The molecule has 1 atom stereocenters. The van der Waals surface area contributed by atoms with Gasteiger partial charge >= 0.3 is 0 Å². The van der Waals surface area contributed by atoms with Crippen molar-refractivity contribution < 1.29 is 13.6 Å². The van der Waals surface area contributed by atoms with Gasteiger partial charge in [-0.2, -0.15) is 4.39 Å². The lowest BCUT2D eigenvalue weighted by Crippen LogP contribution is -2.30. The first-order valence-corrected chi connectivity index (χ1v) is 6.62. The number of carbonyl (C=O) groups excluding carboxylic acids is 1. The SMILES string of the molecule is CC(c1ccc(Cl)cc1)N(C)C(=O)c1ccnc(F)c1F. The van der Waals surface area contributed by atoms with Crippen molar-refractivity contribution in [3.63, 3.8) is 0 Å². The molecule has 0 aliphatic heterocycles. The highest BCUT2D eigenvalue weighted by Crippen LogP contribution is 2.23. The molecule has 0 saturated heterocycles. The van der Waals surface area contributed by atoms with Gasteiger partial charge in [0, 0.05) is 18.3 Å². The molecule has 3 nitrogen and oxygen atoms in total. The Hall–Kier alpha value is -2.01. The zero-order valence-electron chi connectivity index (χ0n) is 11.5. The number of benzene rings is 1. The van der Waals surface area contributed by atoms with Crippen LogP contribution < -0.4 is 0 Å². The number of halogens is 3. The second-order valence-corrected chi connectivity index (χ2v) is 5.04. The topological polar surface area (TPSA) is 33.2 Å². The zero-order valence-corrected chi connectivity index (χ0v) is 12.2. The molecule has 0 aliphatic rings. The predicted molar refractivity (Wildman–Crippen MR) is 76.1 cm³/mol. The molecular weight excluding hydrogens is 298 g/mol. The highest BCUT2D eigenvalue weighted by Gasteiger charge is 2.23. The van der Waals surface area contributed by atoms with Crippen LogP contribution >= 0.6 is 11.6 Å². The quantitative estimate of drug-likeness (QED) is 0.807. The van der Waals surface area contributed by atoms with E-state index < -0.39 is 17.7 Å². The van der Waals surface area contributed by atoms with Crippen LogP contribution in [0.1, 0.15) is 28.9 Å². The van der Waals surface area contributed by atoms with Crippen LogP contribution in [-0.2, 0) is 0 Å². The molecule has 1 unspecified atom stereocenters. The normalized spacial score (nSPS) is 12.0. The molecule has 0 fully saturated rings. The first-order valence-electron chi connectivity index (χ1n) is 6.24. The van der Waals surface area contributed by atoms with Gasteiger partial charge in [-0.25, -0.2) is 9.37 Å². The first-order chi connectivity index (χ1) is 9.91. The number of carbonyl (C=O) groups is 1. The minimum absolute atomic E-state index is 0.314. The molecular formula is C15H13ClF2N2O. The summed E-state index contributed by atoms with van der Waals surface area (Å²) in [6.07, 6.45) is 1.06. The number of nitrogens with zero attached hydrogens (tertiary/aromatic N) is 2. The highest BCUT2D eigenvalue weighted by atomic mass is 35.5. The maximum absolute atomic E-state index is 13.6. The number of pyridine rings is 1. The summed E-state index contributed by atoms with van der Waals surface area (Å²) in [5.74, 6) is -3.14. The van der Waals surface area contributed by atoms with E-state index in [1.54, 1.807) is 31.2 Å². The maximum Gasteiger partial charge on any atom is 0.257 e. The van der Waals surface area contributed by atoms with Crippen LogP contribution in [0.15, 0.2) is 36.5 Å². The summed E-state index contributed by atoms with van der Waals surface area (Å²) in [5, 5.41) is 0.585. The molecule has 0 radical (unpaired) electrons. The van der Waals surface area contributed by atoms with Gasteiger partial charge in [-0.3, -0.25) is 4.79 Å². The molecule has 0 aliphatic carbocycles. The van der Waals surface area contributed by atoms with E-state index in [0.29, 0.717) is 5.02 Å². The molecule has 1 aromatic carbocycles. The lowest BCUT2D eigenvalue weighted by atomic mass is 10.1. The predicted octanol–water partition coefficient (Wildman–Crippen LogP) is 3.85. The summed E-state index contributed by atoms with van der Waals surface area (Å²) in [7, 11) is 1.53. The van der Waals surface area contributed by atoms with Crippen molar-refractivity contribution >= 4 is 17.5 Å². The number of rotatable bonds is 3. The number of aromatic nitrogens is 1. The summed E-state index contributed by atoms with van der Waals surface area (Å²) in [6.45, 7) is 1.79. The molecule has 1 heterocycles. The lowest BCUT2D eigenvalue weighted by Gasteiger charge is -2.25. The maximum atomic E-state index is 13.6. The molecule has 0 N–H and O–H groups in total. The Morgan fingerprint density at radius 1 is 1.24 bits per heavy atom. The fourth-order valence-electron chi connectivity index (χ4n) is 1.91. The third-order valence-electron chi connectivity index (χ3n) is 3.33. The van der Waals surface area contributed by atoms with Crippen molar-refractivity contribution in [2.75, 3.05) is 7.05 Å². The van der Waals surface area contributed by atoms with E-state index in [1.807, 2.05) is 0 Å². The van der Waals surface area contributed by atoms with E-state index >= 15 is 0 Å². The van der Waals surface area contributed by atoms with Crippen LogP contribution in [0.5, 0.6) is 0 Å². The van der Waals surface area contributed by atoms with Crippen LogP contribution in [0.25, 0.3) is 0 Å². The number of hydrogen-bond donors (Lipinski definition) is 0. The summed E-state index contributed by atoms with van der Waals surface area (Å²) >= 11 is 5.81. The average molecular weight is 311 g/mol. The van der Waals surface area contributed by atoms with Gasteiger partial charge in [0.05, 0.1) is 11.6 Å². The second kappa shape index (κ2) is 6.18. The van der Waals surface area contributed by atoms with Crippen LogP contribution in [-0.4, -0.2) is 22.8 Å². The molecule has 2 aromatic rings. The van der Waals surface area contributed by atoms with E-state index in [-0.39, 0.29) is 11.6 Å². The highest BCUT2D eigenvalue weighted by molar-refractivity contribution is 6.30. The minimum Gasteiger partial charge on any atom is -0.335 e. The molecule has 0 bridgehead atoms. The van der Waals surface area contributed by atoms with Crippen molar-refractivity contribution in [3.05, 3.63) is 64.4 Å². The average Bonchev–Trinajstić information content (AvgIpc) is 2.48. The second-order valence-electron chi connectivity index (χ2n) is 4.61. The smallest absolute Gasteiger partial charge is 0.257 e. The minimum atomic E-state index is -1.28. The third kappa shape index (κ3) is 3.19. The van der Waals surface area contributed by atoms with Gasteiger partial charge in [0.25, 0.3) is 5.91 Å². The number of amides is 1. The first kappa shape index (κ1) is 15.4. The van der Waals surface area contributed by atoms with E-state index in [2.05, 4.69) is 4.98 Å². The van der Waals surface area contributed by atoms with E-state index in [0.717, 1.165) is 17.8 Å². The molecule has 2 rings (SSSR count). The molecule has 0 saturated carbocycles. The Morgan fingerprint density at radius 2 is 1.86 bits per heavy atom. The summed E-state index contributed by atoms with van der Waals surface area (Å²) in [5.41, 5.74) is 0.496. The van der Waals surface area contributed by atoms with Gasteiger partial charge in [-0.05, 0) is 30.7 Å². The molecule has 0 spiro atoms. The summed E-state index contributed by atoms with van der Waals surface area (Å²) < 4.78 is 26.7. The lowest BCUT2D eigenvalue weighted by molar-refractivity contribution is 0.0736. The van der Waals surface area contributed by atoms with E-state index in [1.165, 1.54) is 11.9 Å². The Balaban J connectivity index is 2.26. The Labute approximate surface area is 126 Å². The van der Waals surface area contributed by atoms with Crippen LogP contribution in [0.4, 0.5) is 8.78 Å². The van der Waals surface area contributed by atoms with Gasteiger partial charge in [0.15, 0.2) is 5.82 Å². The molecule has 1 amide bonds. The van der Waals surface area contributed by atoms with Crippen molar-refractivity contribution in [1.82, 2.24) is 9.88 Å². The Morgan fingerprint density at radius 3 is 2.48 bits per heavy atom. The molecule has 21 heavy (non-hydrogen) atoms. The van der Waals surface area contributed by atoms with Gasteiger partial charge in [0.1, 0.15) is 0 Å². The van der Waals surface area contributed by atoms with E-state index in [4.69, 9.17) is 11.6 Å². The summed E-state index contributed by atoms with van der Waals surface area (Å²) in [4.78, 5) is 16.8. The number of hydrogen-bond acceptors (Lipinski definition) is 2. The fraction of sp³-hybridized carbons (Fsp3) is 0.200. The standard InChI is InChI=1S/C15H13ClF2N2O/c1-9(10-3-5-11(16)6-4-10)20(2)15(21)12-7-8-19-14(18)13(12)17/h3-9H,1-2H3. The Bertz CT molecular complexity index is 661. The summed E-state index contributed by atoms with van der Waals surface area (Å²) in [6, 6.07) is 7.81. The van der Waals surface area contributed by atoms with Crippen molar-refractivity contribution in [2.24, 2.45) is 0 Å². The van der Waals surface area contributed by atoms with Crippen LogP contribution in [0.3, 0.4) is 0 Å².